The third-order valence-electron chi connectivity index (χ3n) is 5.48. The summed E-state index contributed by atoms with van der Waals surface area (Å²) in [5, 5.41) is 12.8. The number of carboxylic acid groups (broad SMARTS) is 1. The highest BCUT2D eigenvalue weighted by Gasteiger charge is 2.41. The molecule has 0 heterocycles. The highest BCUT2D eigenvalue weighted by atomic mass is 16.5. The van der Waals surface area contributed by atoms with Crippen LogP contribution < -0.4 is 10.1 Å². The van der Waals surface area contributed by atoms with Gasteiger partial charge in [0.15, 0.2) is 0 Å². The fourth-order valence-electron chi connectivity index (χ4n) is 3.25. The Bertz CT molecular complexity index is 730. The number of ether oxygens (including phenoxy) is 1. The number of carbonyl (C=O) groups is 2. The molecule has 1 unspecified atom stereocenters. The van der Waals surface area contributed by atoms with Gasteiger partial charge in [-0.15, -0.1) is 0 Å². The fraction of sp³-hybridized carbons (Fsp3) is 0.583. The second kappa shape index (κ2) is 12.4. The van der Waals surface area contributed by atoms with Crippen LogP contribution in [0.1, 0.15) is 64.5 Å². The van der Waals surface area contributed by atoms with Gasteiger partial charge in [0.2, 0.25) is 5.91 Å². The first-order chi connectivity index (χ1) is 14.2. The number of allylic oxidation sites excluding steroid dienone is 2. The van der Waals surface area contributed by atoms with Gasteiger partial charge in [-0.2, -0.15) is 0 Å². The van der Waals surface area contributed by atoms with E-state index in [2.05, 4.69) is 31.3 Å². The molecule has 1 rings (SSSR count). The van der Waals surface area contributed by atoms with Crippen molar-refractivity contribution < 1.29 is 19.4 Å². The molecule has 0 spiro atoms. The monoisotopic (exact) mass is 418 g/mol. The number of nitrogens with one attached hydrogen (secondary N) is 1. The van der Waals surface area contributed by atoms with Crippen LogP contribution in [0.2, 0.25) is 0 Å². The quantitative estimate of drug-likeness (QED) is 0.368. The Kier molecular flexibility index (Phi) is 10.6. The average molecular weight is 419 g/mol. The van der Waals surface area contributed by atoms with E-state index in [0.717, 1.165) is 24.8 Å². The summed E-state index contributed by atoms with van der Waals surface area (Å²) in [6.07, 6.45) is 7.72. The van der Waals surface area contributed by atoms with E-state index >= 15 is 0 Å². The van der Waals surface area contributed by atoms with Crippen LogP contribution in [0.3, 0.4) is 0 Å². The molecule has 0 aliphatic carbocycles. The molecule has 168 valence electrons. The molecule has 0 aliphatic heterocycles. The SMILES string of the molecule is CCN(C)C(C)(C(=O)O)c1ccc(CNC(=O)CCCCC=CC(C)C)cc1OC. The van der Waals surface area contributed by atoms with Crippen molar-refractivity contribution in [2.24, 2.45) is 5.92 Å². The molecule has 1 atom stereocenters. The van der Waals surface area contributed by atoms with Crippen LogP contribution >= 0.6 is 0 Å². The highest BCUT2D eigenvalue weighted by molar-refractivity contribution is 5.81. The summed E-state index contributed by atoms with van der Waals surface area (Å²) in [4.78, 5) is 25.9. The Hall–Kier alpha value is -2.34. The van der Waals surface area contributed by atoms with E-state index in [4.69, 9.17) is 4.74 Å². The van der Waals surface area contributed by atoms with Gasteiger partial charge < -0.3 is 15.2 Å². The number of amides is 1. The zero-order valence-corrected chi connectivity index (χ0v) is 19.3. The van der Waals surface area contributed by atoms with E-state index in [1.54, 1.807) is 31.0 Å². The molecule has 2 N–H and O–H groups in total. The second-order valence-electron chi connectivity index (χ2n) is 8.12. The molecule has 0 radical (unpaired) electrons. The topological polar surface area (TPSA) is 78.9 Å². The molecule has 1 aromatic carbocycles. The zero-order valence-electron chi connectivity index (χ0n) is 19.3. The van der Waals surface area contributed by atoms with Crippen LogP contribution in [0.25, 0.3) is 0 Å². The van der Waals surface area contributed by atoms with Gasteiger partial charge in [-0.1, -0.05) is 45.1 Å². The van der Waals surface area contributed by atoms with Crippen LogP contribution in [0, 0.1) is 5.92 Å². The molecular formula is C24H38N2O4. The standard InChI is InChI=1S/C24H38N2O4/c1-7-26(5)24(4,23(28)29)20-15-14-19(16-21(20)30-6)17-25-22(27)13-11-9-8-10-12-18(2)3/h10,12,14-16,18H,7-9,11,13,17H2,1-6H3,(H,25,27)(H,28,29). The molecule has 0 fully saturated rings. The maximum atomic E-state index is 12.1. The summed E-state index contributed by atoms with van der Waals surface area (Å²) in [7, 11) is 3.31. The summed E-state index contributed by atoms with van der Waals surface area (Å²) in [5.41, 5.74) is 0.258. The lowest BCUT2D eigenvalue weighted by Gasteiger charge is -2.35. The predicted molar refractivity (Wildman–Crippen MR) is 121 cm³/mol. The van der Waals surface area contributed by atoms with E-state index in [0.29, 0.717) is 36.7 Å². The van der Waals surface area contributed by atoms with Gasteiger partial charge in [-0.05, 0) is 57.3 Å². The van der Waals surface area contributed by atoms with Crippen LogP contribution in [0.15, 0.2) is 30.4 Å². The number of hydrogen-bond acceptors (Lipinski definition) is 4. The summed E-state index contributed by atoms with van der Waals surface area (Å²) >= 11 is 0. The number of carbonyl (C=O) groups excluding carboxylic acids is 1. The van der Waals surface area contributed by atoms with E-state index in [9.17, 15) is 14.7 Å². The lowest BCUT2D eigenvalue weighted by Crippen LogP contribution is -2.47. The summed E-state index contributed by atoms with van der Waals surface area (Å²) in [6.45, 7) is 8.85. The lowest BCUT2D eigenvalue weighted by atomic mass is 9.88. The first kappa shape index (κ1) is 25.7. The molecule has 30 heavy (non-hydrogen) atoms. The van der Waals surface area contributed by atoms with Gasteiger partial charge in [0, 0.05) is 18.5 Å². The Morgan fingerprint density at radius 2 is 2.00 bits per heavy atom. The van der Waals surface area contributed by atoms with Crippen molar-refractivity contribution in [1.29, 1.82) is 0 Å². The highest BCUT2D eigenvalue weighted by Crippen LogP contribution is 2.35. The van der Waals surface area contributed by atoms with Crippen molar-refractivity contribution in [2.45, 2.75) is 65.5 Å². The van der Waals surface area contributed by atoms with Gasteiger partial charge >= 0.3 is 5.97 Å². The molecule has 0 aliphatic rings. The minimum absolute atomic E-state index is 0.0203. The maximum Gasteiger partial charge on any atom is 0.328 e. The van der Waals surface area contributed by atoms with Crippen molar-refractivity contribution in [3.63, 3.8) is 0 Å². The lowest BCUT2D eigenvalue weighted by molar-refractivity contribution is -0.150. The summed E-state index contributed by atoms with van der Waals surface area (Å²) < 4.78 is 5.49. The number of aliphatic carboxylic acids is 1. The molecule has 0 saturated heterocycles. The summed E-state index contributed by atoms with van der Waals surface area (Å²) in [6, 6.07) is 5.43. The first-order valence-corrected chi connectivity index (χ1v) is 10.7. The number of rotatable bonds is 13. The van der Waals surface area contributed by atoms with Crippen molar-refractivity contribution in [2.75, 3.05) is 20.7 Å². The Morgan fingerprint density at radius 3 is 2.57 bits per heavy atom. The number of methoxy groups -OCH3 is 1. The van der Waals surface area contributed by atoms with Crippen molar-refractivity contribution in [1.82, 2.24) is 10.2 Å². The molecule has 0 aromatic heterocycles. The first-order valence-electron chi connectivity index (χ1n) is 10.7. The van der Waals surface area contributed by atoms with Crippen molar-refractivity contribution in [3.05, 3.63) is 41.5 Å². The number of hydrogen-bond donors (Lipinski definition) is 2. The minimum atomic E-state index is -1.20. The Balaban J connectivity index is 2.71. The smallest absolute Gasteiger partial charge is 0.328 e. The van der Waals surface area contributed by atoms with Gasteiger partial charge in [-0.25, -0.2) is 4.79 Å². The van der Waals surface area contributed by atoms with Gasteiger partial charge in [0.25, 0.3) is 0 Å². The zero-order chi connectivity index (χ0) is 22.7. The van der Waals surface area contributed by atoms with E-state index < -0.39 is 11.5 Å². The molecular weight excluding hydrogens is 380 g/mol. The second-order valence-corrected chi connectivity index (χ2v) is 8.12. The van der Waals surface area contributed by atoms with Crippen molar-refractivity contribution >= 4 is 11.9 Å². The normalized spacial score (nSPS) is 13.6. The van der Waals surface area contributed by atoms with Gasteiger partial charge in [-0.3, -0.25) is 9.69 Å². The molecule has 1 amide bonds. The molecule has 1 aromatic rings. The largest absolute Gasteiger partial charge is 0.496 e. The Labute approximate surface area is 181 Å². The third kappa shape index (κ3) is 7.17. The van der Waals surface area contributed by atoms with Crippen LogP contribution in [-0.2, 0) is 21.7 Å². The van der Waals surface area contributed by atoms with Crippen LogP contribution in [-0.4, -0.2) is 42.6 Å². The number of nitrogens with zero attached hydrogens (tertiary/aromatic N) is 1. The number of carboxylic acids is 1. The fourth-order valence-corrected chi connectivity index (χ4v) is 3.25. The molecule has 6 nitrogen and oxygen atoms in total. The molecule has 0 bridgehead atoms. The minimum Gasteiger partial charge on any atom is -0.496 e. The van der Waals surface area contributed by atoms with Gasteiger partial charge in [0.05, 0.1) is 7.11 Å². The van der Waals surface area contributed by atoms with Gasteiger partial charge in [0.1, 0.15) is 11.3 Å². The molecule has 0 saturated carbocycles. The number of unbranched alkanes of at least 4 members (excludes halogenated alkanes) is 2. The van der Waals surface area contributed by atoms with E-state index in [-0.39, 0.29) is 5.91 Å². The van der Waals surface area contributed by atoms with E-state index in [1.165, 1.54) is 7.11 Å². The molecule has 6 heteroatoms. The van der Waals surface area contributed by atoms with Crippen molar-refractivity contribution in [3.8, 4) is 5.75 Å². The predicted octanol–water partition coefficient (Wildman–Crippen LogP) is 4.34. The average Bonchev–Trinajstić information content (AvgIpc) is 2.72. The maximum absolute atomic E-state index is 12.1. The Morgan fingerprint density at radius 1 is 1.30 bits per heavy atom. The number of likely N-dealkylation sites (N-methyl/N-ethyl adjacent to an activating group) is 1. The third-order valence-corrected chi connectivity index (χ3v) is 5.48. The van der Waals surface area contributed by atoms with Crippen LogP contribution in [0.4, 0.5) is 0 Å². The van der Waals surface area contributed by atoms with Crippen LogP contribution in [0.5, 0.6) is 5.75 Å². The summed E-state index contributed by atoms with van der Waals surface area (Å²) in [5.74, 6) is 0.151. The van der Waals surface area contributed by atoms with E-state index in [1.807, 2.05) is 13.0 Å². The number of benzene rings is 1.